The summed E-state index contributed by atoms with van der Waals surface area (Å²) in [7, 11) is 1.82. The van der Waals surface area contributed by atoms with Crippen LogP contribution in [0.15, 0.2) is 0 Å². The summed E-state index contributed by atoms with van der Waals surface area (Å²) in [6, 6.07) is 0. The van der Waals surface area contributed by atoms with Crippen LogP contribution in [0, 0.1) is 50.7 Å². The first-order valence-electron chi connectivity index (χ1n) is 14.4. The van der Waals surface area contributed by atoms with E-state index in [-0.39, 0.29) is 22.7 Å². The third-order valence-corrected chi connectivity index (χ3v) is 13.4. The summed E-state index contributed by atoms with van der Waals surface area (Å²) in [5.41, 5.74) is 0.863. The summed E-state index contributed by atoms with van der Waals surface area (Å²) in [5.74, 6) is 3.14. The lowest BCUT2D eigenvalue weighted by Gasteiger charge is -2.69. The number of hydrogen-bond acceptors (Lipinski definition) is 3. The zero-order chi connectivity index (χ0) is 24.9. The van der Waals surface area contributed by atoms with Gasteiger partial charge in [-0.1, -0.05) is 48.5 Å². The first-order valence-corrected chi connectivity index (χ1v) is 14.4. The number of fused-ring (bicyclic) bond motifs is 5. The zero-order valence-electron chi connectivity index (χ0n) is 23.7. The Kier molecular flexibility index (Phi) is 5.61. The third-order valence-electron chi connectivity index (χ3n) is 13.4. The molecule has 0 aromatic rings. The van der Waals surface area contributed by atoms with Gasteiger partial charge >= 0.3 is 0 Å². The van der Waals surface area contributed by atoms with Gasteiger partial charge in [-0.15, -0.1) is 0 Å². The van der Waals surface area contributed by atoms with Crippen molar-refractivity contribution in [1.29, 1.82) is 0 Å². The molecule has 0 amide bonds. The molecule has 3 nitrogen and oxygen atoms in total. The first kappa shape index (κ1) is 25.2. The van der Waals surface area contributed by atoms with Crippen molar-refractivity contribution in [2.24, 2.45) is 50.7 Å². The molecule has 3 heteroatoms. The molecule has 1 saturated heterocycles. The van der Waals surface area contributed by atoms with Crippen molar-refractivity contribution in [2.75, 3.05) is 7.11 Å². The van der Waals surface area contributed by atoms with Crippen LogP contribution in [0.3, 0.4) is 0 Å². The summed E-state index contributed by atoms with van der Waals surface area (Å²) in [6.07, 6.45) is 11.9. The minimum atomic E-state index is -0.157. The highest BCUT2D eigenvalue weighted by Crippen LogP contribution is 2.75. The van der Waals surface area contributed by atoms with Crippen molar-refractivity contribution >= 4 is 5.78 Å². The highest BCUT2D eigenvalue weighted by molar-refractivity contribution is 5.85. The quantitative estimate of drug-likeness (QED) is 0.411. The van der Waals surface area contributed by atoms with E-state index in [4.69, 9.17) is 9.47 Å². The number of carbonyl (C=O) groups excluding carboxylic acids is 1. The predicted octanol–water partition coefficient (Wildman–Crippen LogP) is 7.81. The van der Waals surface area contributed by atoms with E-state index < -0.39 is 0 Å². The Morgan fingerprint density at radius 3 is 2.09 bits per heavy atom. The van der Waals surface area contributed by atoms with Crippen LogP contribution in [0.5, 0.6) is 0 Å². The second kappa shape index (κ2) is 7.56. The standard InChI is InChI=1S/C31H52O3/c1-26(2)18-19-31(8,34-25(26)33-9)21-12-16-29(6)20(21)10-11-23-28(5)15-14-24(32)27(3,4)22(28)13-17-30(23,29)7/h20-23,25H,10-19H2,1-9H3/t20-,21+,22+,23-,25+,28+,29+,30-,31+/m1/s1. The molecule has 0 spiro atoms. The Bertz CT molecular complexity index is 846. The molecule has 0 aromatic heterocycles. The van der Waals surface area contributed by atoms with E-state index in [1.807, 2.05) is 7.11 Å². The molecule has 5 aliphatic rings. The maximum atomic E-state index is 12.9. The van der Waals surface area contributed by atoms with Gasteiger partial charge in [0.2, 0.25) is 0 Å². The Hall–Kier alpha value is -0.410. The molecule has 4 aliphatic carbocycles. The molecule has 4 saturated carbocycles. The first-order chi connectivity index (χ1) is 15.7. The zero-order valence-corrected chi connectivity index (χ0v) is 23.7. The van der Waals surface area contributed by atoms with Crippen molar-refractivity contribution in [3.63, 3.8) is 0 Å². The lowest BCUT2D eigenvalue weighted by atomic mass is 9.35. The van der Waals surface area contributed by atoms with Crippen LogP contribution >= 0.6 is 0 Å². The maximum absolute atomic E-state index is 12.9. The van der Waals surface area contributed by atoms with E-state index in [2.05, 4.69) is 55.4 Å². The SMILES string of the molecule is CO[C@H]1O[C@](C)([C@H]2CC[C@@]3(C)[C@@H]2CC[C@@H]2[C@@]4(C)CCC(=O)C(C)(C)[C@@H]4CC[C@]23C)CCC1(C)C. The monoisotopic (exact) mass is 472 g/mol. The summed E-state index contributed by atoms with van der Waals surface area (Å²) >= 11 is 0. The Labute approximate surface area is 209 Å². The van der Waals surface area contributed by atoms with Crippen LogP contribution in [0.4, 0.5) is 0 Å². The van der Waals surface area contributed by atoms with Crippen LogP contribution in [0.2, 0.25) is 0 Å². The van der Waals surface area contributed by atoms with Gasteiger partial charge in [-0.25, -0.2) is 0 Å². The molecule has 0 bridgehead atoms. The molecular formula is C31H52O3. The molecule has 1 aliphatic heterocycles. The van der Waals surface area contributed by atoms with Crippen LogP contribution in [0.25, 0.3) is 0 Å². The number of methoxy groups -OCH3 is 1. The number of ether oxygens (including phenoxy) is 2. The fraction of sp³-hybridized carbons (Fsp3) is 0.968. The predicted molar refractivity (Wildman–Crippen MR) is 137 cm³/mol. The van der Waals surface area contributed by atoms with Crippen molar-refractivity contribution < 1.29 is 14.3 Å². The molecule has 194 valence electrons. The number of Topliss-reactive ketones (excluding diaryl/α,β-unsaturated/α-hetero) is 1. The largest absolute Gasteiger partial charge is 0.355 e. The average molecular weight is 473 g/mol. The average Bonchev–Trinajstić information content (AvgIpc) is 3.12. The Morgan fingerprint density at radius 2 is 1.41 bits per heavy atom. The van der Waals surface area contributed by atoms with Gasteiger partial charge in [0, 0.05) is 24.4 Å². The van der Waals surface area contributed by atoms with Gasteiger partial charge in [0.05, 0.1) is 5.60 Å². The summed E-state index contributed by atoms with van der Waals surface area (Å²) in [4.78, 5) is 12.9. The molecule has 5 fully saturated rings. The molecule has 0 unspecified atom stereocenters. The van der Waals surface area contributed by atoms with Gasteiger partial charge in [0.1, 0.15) is 5.78 Å². The smallest absolute Gasteiger partial charge is 0.162 e. The number of rotatable bonds is 2. The second-order valence-electron chi connectivity index (χ2n) is 15.4. The van der Waals surface area contributed by atoms with E-state index in [1.54, 1.807) is 0 Å². The van der Waals surface area contributed by atoms with Crippen molar-refractivity contribution in [3.05, 3.63) is 0 Å². The van der Waals surface area contributed by atoms with E-state index in [1.165, 1.54) is 44.9 Å². The molecule has 0 aromatic carbocycles. The summed E-state index contributed by atoms with van der Waals surface area (Å²) in [5, 5.41) is 0. The number of hydrogen-bond donors (Lipinski definition) is 0. The van der Waals surface area contributed by atoms with Crippen LogP contribution < -0.4 is 0 Å². The minimum Gasteiger partial charge on any atom is -0.355 e. The van der Waals surface area contributed by atoms with Gasteiger partial charge in [-0.3, -0.25) is 4.79 Å². The Morgan fingerprint density at radius 1 is 0.735 bits per heavy atom. The van der Waals surface area contributed by atoms with E-state index in [0.717, 1.165) is 31.1 Å². The number of carbonyl (C=O) groups is 1. The van der Waals surface area contributed by atoms with Crippen LogP contribution in [-0.4, -0.2) is 24.8 Å². The molecule has 9 atom stereocenters. The fourth-order valence-corrected chi connectivity index (χ4v) is 11.1. The molecule has 5 rings (SSSR count). The second-order valence-corrected chi connectivity index (χ2v) is 15.4. The molecule has 0 radical (unpaired) electrons. The van der Waals surface area contributed by atoms with Crippen molar-refractivity contribution in [1.82, 2.24) is 0 Å². The highest BCUT2D eigenvalue weighted by atomic mass is 16.7. The molecule has 34 heavy (non-hydrogen) atoms. The van der Waals surface area contributed by atoms with Crippen molar-refractivity contribution in [2.45, 2.75) is 131 Å². The fourth-order valence-electron chi connectivity index (χ4n) is 11.1. The molecular weight excluding hydrogens is 420 g/mol. The van der Waals surface area contributed by atoms with Crippen LogP contribution in [-0.2, 0) is 14.3 Å². The van der Waals surface area contributed by atoms with Gasteiger partial charge in [0.25, 0.3) is 0 Å². The topological polar surface area (TPSA) is 35.5 Å². The normalized spacial score (nSPS) is 54.1. The number of ketones is 1. The van der Waals surface area contributed by atoms with Gasteiger partial charge < -0.3 is 9.47 Å². The van der Waals surface area contributed by atoms with Gasteiger partial charge in [0.15, 0.2) is 6.29 Å². The molecule has 0 N–H and O–H groups in total. The van der Waals surface area contributed by atoms with Crippen LogP contribution in [0.1, 0.15) is 120 Å². The lowest BCUT2D eigenvalue weighted by Crippen LogP contribution is -2.64. The van der Waals surface area contributed by atoms with Gasteiger partial charge in [-0.05, 0) is 105 Å². The maximum Gasteiger partial charge on any atom is 0.162 e. The third kappa shape index (κ3) is 3.10. The minimum absolute atomic E-state index is 0.0812. The van der Waals surface area contributed by atoms with Crippen molar-refractivity contribution in [3.8, 4) is 0 Å². The van der Waals surface area contributed by atoms with Gasteiger partial charge in [-0.2, -0.15) is 0 Å². The summed E-state index contributed by atoms with van der Waals surface area (Å²) < 4.78 is 12.7. The Balaban J connectivity index is 1.45. The lowest BCUT2D eigenvalue weighted by molar-refractivity contribution is -0.291. The summed E-state index contributed by atoms with van der Waals surface area (Å²) in [6.45, 7) is 19.4. The van der Waals surface area contributed by atoms with E-state index in [9.17, 15) is 4.79 Å². The van der Waals surface area contributed by atoms with E-state index >= 15 is 0 Å². The molecule has 1 heterocycles. The highest BCUT2D eigenvalue weighted by Gasteiger charge is 2.70. The van der Waals surface area contributed by atoms with E-state index in [0.29, 0.717) is 33.9 Å².